The molecule has 2 atom stereocenters. The van der Waals surface area contributed by atoms with Gasteiger partial charge in [-0.25, -0.2) is 8.42 Å². The van der Waals surface area contributed by atoms with Gasteiger partial charge in [0, 0.05) is 31.7 Å². The smallest absolute Gasteiger partial charge is 0.152 e. The number of sulfone groups is 1. The van der Waals surface area contributed by atoms with Crippen molar-refractivity contribution >= 4 is 9.84 Å². The summed E-state index contributed by atoms with van der Waals surface area (Å²) in [4.78, 5) is 2.23. The molecule has 2 fully saturated rings. The first kappa shape index (κ1) is 14.3. The van der Waals surface area contributed by atoms with Crippen molar-refractivity contribution in [2.24, 2.45) is 11.3 Å². The van der Waals surface area contributed by atoms with Crippen molar-refractivity contribution in [3.63, 3.8) is 0 Å². The van der Waals surface area contributed by atoms with Crippen LogP contribution in [-0.4, -0.2) is 56.2 Å². The van der Waals surface area contributed by atoms with E-state index in [-0.39, 0.29) is 23.5 Å². The van der Waals surface area contributed by atoms with Crippen molar-refractivity contribution in [3.05, 3.63) is 0 Å². The summed E-state index contributed by atoms with van der Waals surface area (Å²) in [5.74, 6) is 1.24. The van der Waals surface area contributed by atoms with Gasteiger partial charge in [-0.05, 0) is 18.8 Å². The Bertz CT molecular complexity index is 368. The van der Waals surface area contributed by atoms with Crippen LogP contribution in [0.5, 0.6) is 0 Å². The largest absolute Gasteiger partial charge is 0.396 e. The quantitative estimate of drug-likeness (QED) is 0.831. The number of hydrogen-bond donors (Lipinski definition) is 1. The van der Waals surface area contributed by atoms with E-state index in [2.05, 4.69) is 11.8 Å². The molecule has 0 amide bonds. The van der Waals surface area contributed by atoms with Crippen LogP contribution in [0, 0.1) is 11.3 Å². The van der Waals surface area contributed by atoms with E-state index in [1.807, 2.05) is 0 Å². The maximum Gasteiger partial charge on any atom is 0.152 e. The van der Waals surface area contributed by atoms with Crippen molar-refractivity contribution < 1.29 is 13.5 Å². The van der Waals surface area contributed by atoms with Gasteiger partial charge in [-0.1, -0.05) is 19.8 Å². The summed E-state index contributed by atoms with van der Waals surface area (Å²) in [6, 6.07) is 0. The maximum atomic E-state index is 11.4. The van der Waals surface area contributed by atoms with Crippen molar-refractivity contribution in [2.45, 2.75) is 32.6 Å². The third-order valence-corrected chi connectivity index (χ3v) is 6.13. The van der Waals surface area contributed by atoms with Crippen molar-refractivity contribution in [1.29, 1.82) is 0 Å². The minimum absolute atomic E-state index is 0.0127. The molecule has 0 aromatic carbocycles. The number of hydrogen-bond acceptors (Lipinski definition) is 4. The van der Waals surface area contributed by atoms with Gasteiger partial charge >= 0.3 is 0 Å². The van der Waals surface area contributed by atoms with Crippen LogP contribution in [0.15, 0.2) is 0 Å². The van der Waals surface area contributed by atoms with Gasteiger partial charge in [-0.3, -0.25) is 0 Å². The zero-order valence-corrected chi connectivity index (χ0v) is 12.1. The standard InChI is InChI=1S/C13H25NO3S/c1-12-3-2-4-13(9-12,11-15)10-14-5-7-18(16,17)8-6-14/h12,15H,2-11H2,1H3. The van der Waals surface area contributed by atoms with Crippen molar-refractivity contribution in [2.75, 3.05) is 37.7 Å². The molecule has 0 aromatic heterocycles. The Hall–Kier alpha value is -0.130. The molecule has 2 rings (SSSR count). The van der Waals surface area contributed by atoms with E-state index < -0.39 is 9.84 Å². The van der Waals surface area contributed by atoms with E-state index in [0.717, 1.165) is 19.4 Å². The Kier molecular flexibility index (Phi) is 4.34. The van der Waals surface area contributed by atoms with Crippen molar-refractivity contribution in [1.82, 2.24) is 4.90 Å². The average molecular weight is 275 g/mol. The molecule has 18 heavy (non-hydrogen) atoms. The molecule has 106 valence electrons. The highest BCUT2D eigenvalue weighted by Crippen LogP contribution is 2.39. The van der Waals surface area contributed by atoms with E-state index in [4.69, 9.17) is 0 Å². The Balaban J connectivity index is 1.94. The molecule has 0 bridgehead atoms. The van der Waals surface area contributed by atoms with Crippen LogP contribution >= 0.6 is 0 Å². The average Bonchev–Trinajstić information content (AvgIpc) is 2.32. The topological polar surface area (TPSA) is 57.6 Å². The summed E-state index contributed by atoms with van der Waals surface area (Å²) >= 11 is 0. The second kappa shape index (κ2) is 5.47. The third-order valence-electron chi connectivity index (χ3n) is 4.52. The van der Waals surface area contributed by atoms with Crippen molar-refractivity contribution in [3.8, 4) is 0 Å². The molecule has 1 heterocycles. The molecule has 1 aliphatic carbocycles. The fourth-order valence-corrected chi connectivity index (χ4v) is 4.77. The molecular weight excluding hydrogens is 250 g/mol. The SMILES string of the molecule is CC1CCCC(CO)(CN2CCS(=O)(=O)CC2)C1. The highest BCUT2D eigenvalue weighted by molar-refractivity contribution is 7.91. The molecule has 5 heteroatoms. The van der Waals surface area contributed by atoms with Crippen LogP contribution in [0.3, 0.4) is 0 Å². The van der Waals surface area contributed by atoms with Gasteiger partial charge in [0.25, 0.3) is 0 Å². The minimum atomic E-state index is -2.80. The van der Waals surface area contributed by atoms with Gasteiger partial charge in [-0.15, -0.1) is 0 Å². The Morgan fingerprint density at radius 1 is 1.33 bits per heavy atom. The minimum Gasteiger partial charge on any atom is -0.396 e. The molecule has 1 aliphatic heterocycles. The summed E-state index contributed by atoms with van der Waals surface area (Å²) in [5.41, 5.74) is 0.0127. The van der Waals surface area contributed by atoms with Gasteiger partial charge in [0.05, 0.1) is 11.5 Å². The lowest BCUT2D eigenvalue weighted by atomic mass is 9.70. The lowest BCUT2D eigenvalue weighted by Gasteiger charge is -2.43. The number of aliphatic hydroxyl groups is 1. The molecule has 0 radical (unpaired) electrons. The third kappa shape index (κ3) is 3.45. The highest BCUT2D eigenvalue weighted by Gasteiger charge is 2.37. The zero-order valence-electron chi connectivity index (χ0n) is 11.3. The van der Waals surface area contributed by atoms with E-state index >= 15 is 0 Å². The normalized spacial score (nSPS) is 37.6. The lowest BCUT2D eigenvalue weighted by Crippen LogP contribution is -2.48. The lowest BCUT2D eigenvalue weighted by molar-refractivity contribution is 0.0262. The predicted octanol–water partition coefficient (Wildman–Crippen LogP) is 0.906. The molecule has 0 spiro atoms. The fourth-order valence-electron chi connectivity index (χ4n) is 3.49. The van der Waals surface area contributed by atoms with Crippen LogP contribution in [0.4, 0.5) is 0 Å². The first-order valence-corrected chi connectivity index (χ1v) is 8.81. The summed E-state index contributed by atoms with van der Waals surface area (Å²) in [5, 5.41) is 9.75. The van der Waals surface area contributed by atoms with Crippen LogP contribution in [0.25, 0.3) is 0 Å². The van der Waals surface area contributed by atoms with Crippen LogP contribution in [-0.2, 0) is 9.84 Å². The van der Waals surface area contributed by atoms with E-state index in [9.17, 15) is 13.5 Å². The second-order valence-corrected chi connectivity index (χ2v) is 8.59. The van der Waals surface area contributed by atoms with Crippen LogP contribution in [0.2, 0.25) is 0 Å². The van der Waals surface area contributed by atoms with Gasteiger partial charge in [-0.2, -0.15) is 0 Å². The monoisotopic (exact) mass is 275 g/mol. The zero-order chi connectivity index (χ0) is 13.2. The fraction of sp³-hybridized carbons (Fsp3) is 1.00. The first-order chi connectivity index (χ1) is 8.45. The Labute approximate surface area is 110 Å². The molecular formula is C13H25NO3S. The van der Waals surface area contributed by atoms with Gasteiger partial charge in [0.1, 0.15) is 0 Å². The van der Waals surface area contributed by atoms with Gasteiger partial charge in [0.15, 0.2) is 9.84 Å². The number of nitrogens with zero attached hydrogens (tertiary/aromatic N) is 1. The summed E-state index contributed by atoms with van der Waals surface area (Å²) < 4.78 is 22.8. The summed E-state index contributed by atoms with van der Waals surface area (Å²) in [6.07, 6.45) is 4.60. The Morgan fingerprint density at radius 2 is 2.00 bits per heavy atom. The first-order valence-electron chi connectivity index (χ1n) is 6.98. The summed E-state index contributed by atoms with van der Waals surface area (Å²) in [7, 11) is -2.80. The number of rotatable bonds is 3. The molecule has 2 aliphatic rings. The molecule has 1 saturated heterocycles. The van der Waals surface area contributed by atoms with E-state index in [1.54, 1.807) is 0 Å². The van der Waals surface area contributed by atoms with Crippen LogP contribution in [0.1, 0.15) is 32.6 Å². The predicted molar refractivity (Wildman–Crippen MR) is 72.2 cm³/mol. The molecule has 1 saturated carbocycles. The molecule has 2 unspecified atom stereocenters. The Morgan fingerprint density at radius 3 is 2.56 bits per heavy atom. The van der Waals surface area contributed by atoms with E-state index in [1.165, 1.54) is 12.8 Å². The van der Waals surface area contributed by atoms with Crippen LogP contribution < -0.4 is 0 Å². The van der Waals surface area contributed by atoms with Gasteiger partial charge in [0.2, 0.25) is 0 Å². The number of aliphatic hydroxyl groups excluding tert-OH is 1. The summed E-state index contributed by atoms with van der Waals surface area (Å²) in [6.45, 7) is 4.63. The molecule has 0 aromatic rings. The highest BCUT2D eigenvalue weighted by atomic mass is 32.2. The molecule has 1 N–H and O–H groups in total. The van der Waals surface area contributed by atoms with Gasteiger partial charge < -0.3 is 10.0 Å². The second-order valence-electron chi connectivity index (χ2n) is 6.29. The molecule has 4 nitrogen and oxygen atoms in total. The maximum absolute atomic E-state index is 11.4. The van der Waals surface area contributed by atoms with E-state index in [0.29, 0.717) is 19.0 Å².